The van der Waals surface area contributed by atoms with E-state index in [4.69, 9.17) is 9.47 Å². The van der Waals surface area contributed by atoms with Crippen molar-refractivity contribution in [2.24, 2.45) is 5.92 Å². The van der Waals surface area contributed by atoms with E-state index in [1.54, 1.807) is 7.11 Å². The minimum atomic E-state index is 0.711. The first-order valence-corrected chi connectivity index (χ1v) is 5.21. The molecule has 78 valence electrons. The lowest BCUT2D eigenvalue weighted by molar-refractivity contribution is 0.0621. The van der Waals surface area contributed by atoms with Crippen molar-refractivity contribution >= 4 is 0 Å². The predicted molar refractivity (Wildman–Crippen MR) is 52.9 cm³/mol. The van der Waals surface area contributed by atoms with Crippen LogP contribution < -0.4 is 5.32 Å². The topological polar surface area (TPSA) is 30.5 Å². The Kier molecular flexibility index (Phi) is 6.15. The molecule has 1 heterocycles. The van der Waals surface area contributed by atoms with Crippen molar-refractivity contribution in [2.75, 3.05) is 40.0 Å². The monoisotopic (exact) mass is 187 g/mol. The third kappa shape index (κ3) is 5.24. The maximum Gasteiger partial charge on any atom is 0.0700 e. The molecule has 0 aromatic rings. The summed E-state index contributed by atoms with van der Waals surface area (Å²) in [5, 5.41) is 3.41. The fourth-order valence-electron chi connectivity index (χ4n) is 1.66. The molecule has 1 rings (SSSR count). The molecule has 0 bridgehead atoms. The molecule has 13 heavy (non-hydrogen) atoms. The molecule has 0 saturated carbocycles. The van der Waals surface area contributed by atoms with Crippen LogP contribution in [0, 0.1) is 5.92 Å². The zero-order valence-corrected chi connectivity index (χ0v) is 8.55. The van der Waals surface area contributed by atoms with Crippen LogP contribution in [0.1, 0.15) is 19.3 Å². The van der Waals surface area contributed by atoms with Gasteiger partial charge < -0.3 is 14.8 Å². The second kappa shape index (κ2) is 7.30. The molecule has 1 saturated heterocycles. The summed E-state index contributed by atoms with van der Waals surface area (Å²) in [5.41, 5.74) is 0. The normalized spacial score (nSPS) is 23.3. The molecule has 0 aromatic heterocycles. The Balaban J connectivity index is 1.86. The van der Waals surface area contributed by atoms with Gasteiger partial charge in [0.1, 0.15) is 0 Å². The summed E-state index contributed by atoms with van der Waals surface area (Å²) >= 11 is 0. The standard InChI is InChI=1S/C10H21NO2/c1-12-7-8-13-6-4-10-3-2-5-11-9-10/h10-11H,2-9H2,1H3/t10-/m1/s1. The Hall–Kier alpha value is -0.120. The summed E-state index contributed by atoms with van der Waals surface area (Å²) in [7, 11) is 1.70. The fraction of sp³-hybridized carbons (Fsp3) is 1.00. The molecule has 1 N–H and O–H groups in total. The maximum atomic E-state index is 5.42. The largest absolute Gasteiger partial charge is 0.382 e. The highest BCUT2D eigenvalue weighted by Gasteiger charge is 2.11. The molecular formula is C10H21NO2. The number of methoxy groups -OCH3 is 1. The summed E-state index contributed by atoms with van der Waals surface area (Å²) in [5.74, 6) is 0.830. The molecule has 0 unspecified atom stereocenters. The molecule has 1 aliphatic rings. The van der Waals surface area contributed by atoms with Crippen LogP contribution in [0.2, 0.25) is 0 Å². The maximum absolute atomic E-state index is 5.42. The molecule has 3 nitrogen and oxygen atoms in total. The number of ether oxygens (including phenoxy) is 2. The molecule has 1 aliphatic heterocycles. The lowest BCUT2D eigenvalue weighted by Gasteiger charge is -2.22. The molecular weight excluding hydrogens is 166 g/mol. The van der Waals surface area contributed by atoms with Crippen molar-refractivity contribution in [2.45, 2.75) is 19.3 Å². The van der Waals surface area contributed by atoms with Crippen LogP contribution in [0.25, 0.3) is 0 Å². The van der Waals surface area contributed by atoms with E-state index in [9.17, 15) is 0 Å². The van der Waals surface area contributed by atoms with Crippen LogP contribution in [0.15, 0.2) is 0 Å². The summed E-state index contributed by atoms with van der Waals surface area (Å²) in [6, 6.07) is 0. The molecule has 1 atom stereocenters. The number of hydrogen-bond acceptors (Lipinski definition) is 3. The molecule has 0 spiro atoms. The molecule has 0 aromatic carbocycles. The second-order valence-corrected chi connectivity index (χ2v) is 3.61. The van der Waals surface area contributed by atoms with E-state index in [0.29, 0.717) is 6.61 Å². The van der Waals surface area contributed by atoms with Crippen molar-refractivity contribution in [1.29, 1.82) is 0 Å². The SMILES string of the molecule is COCCOCC[C@H]1CCCNC1. The third-order valence-corrected chi connectivity index (χ3v) is 2.50. The zero-order chi connectivity index (χ0) is 9.36. The predicted octanol–water partition coefficient (Wildman–Crippen LogP) is 1.04. The van der Waals surface area contributed by atoms with Gasteiger partial charge in [-0.2, -0.15) is 0 Å². The van der Waals surface area contributed by atoms with E-state index in [1.165, 1.54) is 32.4 Å². The van der Waals surface area contributed by atoms with E-state index in [1.807, 2.05) is 0 Å². The third-order valence-electron chi connectivity index (χ3n) is 2.50. The highest BCUT2D eigenvalue weighted by atomic mass is 16.5. The van der Waals surface area contributed by atoms with Crippen molar-refractivity contribution in [3.8, 4) is 0 Å². The average Bonchev–Trinajstić information content (AvgIpc) is 2.19. The lowest BCUT2D eigenvalue weighted by atomic mass is 9.97. The van der Waals surface area contributed by atoms with Gasteiger partial charge in [0.2, 0.25) is 0 Å². The summed E-state index contributed by atoms with van der Waals surface area (Å²) < 4.78 is 10.3. The Morgan fingerprint density at radius 3 is 2.92 bits per heavy atom. The Morgan fingerprint density at radius 2 is 2.23 bits per heavy atom. The molecule has 3 heteroatoms. The van der Waals surface area contributed by atoms with Gasteiger partial charge in [-0.1, -0.05) is 0 Å². The van der Waals surface area contributed by atoms with Crippen LogP contribution in [-0.2, 0) is 9.47 Å². The highest BCUT2D eigenvalue weighted by Crippen LogP contribution is 2.13. The smallest absolute Gasteiger partial charge is 0.0700 e. The molecule has 0 radical (unpaired) electrons. The average molecular weight is 187 g/mol. The number of piperidine rings is 1. The summed E-state index contributed by atoms with van der Waals surface area (Å²) in [6.07, 6.45) is 3.88. The molecule has 0 amide bonds. The van der Waals surface area contributed by atoms with Crippen molar-refractivity contribution in [3.63, 3.8) is 0 Å². The van der Waals surface area contributed by atoms with E-state index in [2.05, 4.69) is 5.32 Å². The van der Waals surface area contributed by atoms with Crippen molar-refractivity contribution < 1.29 is 9.47 Å². The molecule has 0 aliphatic carbocycles. The van der Waals surface area contributed by atoms with Crippen molar-refractivity contribution in [3.05, 3.63) is 0 Å². The first-order valence-electron chi connectivity index (χ1n) is 5.21. The first-order chi connectivity index (χ1) is 6.43. The van der Waals surface area contributed by atoms with Gasteiger partial charge in [-0.15, -0.1) is 0 Å². The fourth-order valence-corrected chi connectivity index (χ4v) is 1.66. The first kappa shape index (κ1) is 11.0. The quantitative estimate of drug-likeness (QED) is 0.630. The number of rotatable bonds is 6. The van der Waals surface area contributed by atoms with Crippen LogP contribution in [0.3, 0.4) is 0 Å². The van der Waals surface area contributed by atoms with Gasteiger partial charge in [-0.3, -0.25) is 0 Å². The minimum absolute atomic E-state index is 0.711. The highest BCUT2D eigenvalue weighted by molar-refractivity contribution is 4.68. The van der Waals surface area contributed by atoms with Gasteiger partial charge in [0.15, 0.2) is 0 Å². The second-order valence-electron chi connectivity index (χ2n) is 3.61. The summed E-state index contributed by atoms with van der Waals surface area (Å²) in [4.78, 5) is 0. The van der Waals surface area contributed by atoms with Crippen molar-refractivity contribution in [1.82, 2.24) is 5.32 Å². The van der Waals surface area contributed by atoms with Gasteiger partial charge >= 0.3 is 0 Å². The Bertz CT molecular complexity index is 113. The van der Waals surface area contributed by atoms with E-state index in [-0.39, 0.29) is 0 Å². The van der Waals surface area contributed by atoms with Crippen LogP contribution in [-0.4, -0.2) is 40.0 Å². The van der Waals surface area contributed by atoms with Crippen LogP contribution >= 0.6 is 0 Å². The van der Waals surface area contributed by atoms with E-state index in [0.717, 1.165) is 19.1 Å². The van der Waals surface area contributed by atoms with Gasteiger partial charge in [-0.05, 0) is 38.3 Å². The lowest BCUT2D eigenvalue weighted by Crippen LogP contribution is -2.30. The minimum Gasteiger partial charge on any atom is -0.382 e. The van der Waals surface area contributed by atoms with Crippen LogP contribution in [0.4, 0.5) is 0 Å². The van der Waals surface area contributed by atoms with Crippen LogP contribution in [0.5, 0.6) is 0 Å². The van der Waals surface area contributed by atoms with Gasteiger partial charge in [-0.25, -0.2) is 0 Å². The van der Waals surface area contributed by atoms with Gasteiger partial charge in [0, 0.05) is 13.7 Å². The number of hydrogen-bond donors (Lipinski definition) is 1. The van der Waals surface area contributed by atoms with E-state index >= 15 is 0 Å². The van der Waals surface area contributed by atoms with Gasteiger partial charge in [0.25, 0.3) is 0 Å². The zero-order valence-electron chi connectivity index (χ0n) is 8.55. The Labute approximate surface area is 80.8 Å². The Morgan fingerprint density at radius 1 is 1.31 bits per heavy atom. The number of nitrogens with one attached hydrogen (secondary N) is 1. The van der Waals surface area contributed by atoms with Gasteiger partial charge in [0.05, 0.1) is 13.2 Å². The van der Waals surface area contributed by atoms with E-state index < -0.39 is 0 Å². The summed E-state index contributed by atoms with van der Waals surface area (Å²) in [6.45, 7) is 4.70. The molecule has 1 fully saturated rings.